The molecule has 1 amide bonds. The first kappa shape index (κ1) is 16.0. The van der Waals surface area contributed by atoms with E-state index in [1.54, 1.807) is 4.90 Å². The van der Waals surface area contributed by atoms with Crippen LogP contribution >= 0.6 is 15.9 Å². The van der Waals surface area contributed by atoms with Gasteiger partial charge in [-0.15, -0.1) is 0 Å². The van der Waals surface area contributed by atoms with E-state index >= 15 is 0 Å². The highest BCUT2D eigenvalue weighted by atomic mass is 79.9. The molecule has 1 aliphatic heterocycles. The number of carbonyl (C=O) groups excluding carboxylic acids is 1. The molecule has 7 heteroatoms. The van der Waals surface area contributed by atoms with Crippen molar-refractivity contribution in [1.82, 2.24) is 14.7 Å². The number of aryl methyl sites for hydroxylation is 2. The Kier molecular flexibility index (Phi) is 5.03. The van der Waals surface area contributed by atoms with Crippen molar-refractivity contribution < 1.29 is 14.7 Å². The van der Waals surface area contributed by atoms with Gasteiger partial charge in [-0.1, -0.05) is 6.92 Å². The molecule has 1 N–H and O–H groups in total. The fourth-order valence-corrected chi connectivity index (χ4v) is 3.31. The fourth-order valence-electron chi connectivity index (χ4n) is 2.62. The van der Waals surface area contributed by atoms with Gasteiger partial charge in [0.05, 0.1) is 28.3 Å². The van der Waals surface area contributed by atoms with Crippen LogP contribution in [0.2, 0.25) is 0 Å². The highest BCUT2D eigenvalue weighted by Gasteiger charge is 2.31. The molecule has 1 saturated heterocycles. The Hall–Kier alpha value is -1.37. The van der Waals surface area contributed by atoms with E-state index in [1.807, 2.05) is 18.5 Å². The Morgan fingerprint density at radius 3 is 2.76 bits per heavy atom. The number of carboxylic acids is 1. The van der Waals surface area contributed by atoms with Gasteiger partial charge in [-0.05, 0) is 35.7 Å². The quantitative estimate of drug-likeness (QED) is 0.874. The molecule has 0 radical (unpaired) electrons. The van der Waals surface area contributed by atoms with Crippen LogP contribution in [0.1, 0.15) is 38.1 Å². The van der Waals surface area contributed by atoms with E-state index in [4.69, 9.17) is 5.11 Å². The molecule has 1 fully saturated rings. The molecule has 21 heavy (non-hydrogen) atoms. The molecule has 1 unspecified atom stereocenters. The molecule has 116 valence electrons. The van der Waals surface area contributed by atoms with Gasteiger partial charge in [-0.3, -0.25) is 14.3 Å². The summed E-state index contributed by atoms with van der Waals surface area (Å²) in [5.41, 5.74) is 1.90. The highest BCUT2D eigenvalue weighted by Crippen LogP contribution is 2.26. The molecular formula is C14H20BrN3O3. The van der Waals surface area contributed by atoms with E-state index in [0.29, 0.717) is 19.4 Å². The van der Waals surface area contributed by atoms with Gasteiger partial charge in [0.2, 0.25) is 5.91 Å². The molecule has 2 rings (SSSR count). The number of rotatable bonds is 5. The summed E-state index contributed by atoms with van der Waals surface area (Å²) >= 11 is 3.56. The molecular weight excluding hydrogens is 338 g/mol. The monoisotopic (exact) mass is 357 g/mol. The molecule has 1 aromatic rings. The summed E-state index contributed by atoms with van der Waals surface area (Å²) in [5.74, 6) is -1.28. The van der Waals surface area contributed by atoms with Gasteiger partial charge in [0, 0.05) is 19.5 Å². The SMILES string of the molecule is CCc1nn(CC)c(CN2CC(C(=O)O)CCC2=O)c1Br. The van der Waals surface area contributed by atoms with Crippen LogP contribution in [-0.4, -0.2) is 38.2 Å². The van der Waals surface area contributed by atoms with Crippen molar-refractivity contribution >= 4 is 27.8 Å². The largest absolute Gasteiger partial charge is 0.481 e. The lowest BCUT2D eigenvalue weighted by atomic mass is 9.97. The van der Waals surface area contributed by atoms with Crippen LogP contribution < -0.4 is 0 Å². The predicted octanol–water partition coefficient (Wildman–Crippen LogP) is 2.05. The Labute approximate surface area is 132 Å². The van der Waals surface area contributed by atoms with Crippen LogP contribution in [0.5, 0.6) is 0 Å². The van der Waals surface area contributed by atoms with Crippen molar-refractivity contribution in [2.24, 2.45) is 5.92 Å². The zero-order valence-corrected chi connectivity index (χ0v) is 13.9. The number of hydrogen-bond donors (Lipinski definition) is 1. The van der Waals surface area contributed by atoms with Crippen molar-refractivity contribution in [3.05, 3.63) is 15.9 Å². The van der Waals surface area contributed by atoms with Crippen molar-refractivity contribution in [3.8, 4) is 0 Å². The molecule has 0 bridgehead atoms. The fraction of sp³-hybridized carbons (Fsp3) is 0.643. The van der Waals surface area contributed by atoms with Crippen LogP contribution in [0.25, 0.3) is 0 Å². The summed E-state index contributed by atoms with van der Waals surface area (Å²) in [4.78, 5) is 24.8. The molecule has 2 heterocycles. The van der Waals surface area contributed by atoms with E-state index in [2.05, 4.69) is 21.0 Å². The lowest BCUT2D eigenvalue weighted by Gasteiger charge is -2.30. The van der Waals surface area contributed by atoms with E-state index in [9.17, 15) is 9.59 Å². The predicted molar refractivity (Wildman–Crippen MR) is 80.8 cm³/mol. The molecule has 0 aliphatic carbocycles. The number of piperidine rings is 1. The average molecular weight is 358 g/mol. The summed E-state index contributed by atoms with van der Waals surface area (Å²) in [6.45, 7) is 5.43. The van der Waals surface area contributed by atoms with Gasteiger partial charge < -0.3 is 10.0 Å². The number of aromatic nitrogens is 2. The average Bonchev–Trinajstić information content (AvgIpc) is 2.77. The molecule has 0 spiro atoms. The number of nitrogens with zero attached hydrogens (tertiary/aromatic N) is 3. The van der Waals surface area contributed by atoms with Crippen LogP contribution in [0.15, 0.2) is 4.47 Å². The van der Waals surface area contributed by atoms with Gasteiger partial charge >= 0.3 is 5.97 Å². The number of likely N-dealkylation sites (tertiary alicyclic amines) is 1. The summed E-state index contributed by atoms with van der Waals surface area (Å²) in [7, 11) is 0. The summed E-state index contributed by atoms with van der Waals surface area (Å²) in [5, 5.41) is 13.6. The number of amides is 1. The van der Waals surface area contributed by atoms with Crippen LogP contribution in [0.3, 0.4) is 0 Å². The molecule has 1 atom stereocenters. The van der Waals surface area contributed by atoms with Gasteiger partial charge in [-0.2, -0.15) is 5.10 Å². The molecule has 1 aliphatic rings. The maximum atomic E-state index is 12.0. The lowest BCUT2D eigenvalue weighted by molar-refractivity contribution is -0.147. The minimum atomic E-state index is -0.829. The zero-order chi connectivity index (χ0) is 15.6. The Balaban J connectivity index is 2.22. The molecule has 6 nitrogen and oxygen atoms in total. The number of hydrogen-bond acceptors (Lipinski definition) is 3. The van der Waals surface area contributed by atoms with Crippen molar-refractivity contribution in [1.29, 1.82) is 0 Å². The summed E-state index contributed by atoms with van der Waals surface area (Å²) < 4.78 is 2.80. The van der Waals surface area contributed by atoms with E-state index in [-0.39, 0.29) is 12.5 Å². The maximum absolute atomic E-state index is 12.0. The first-order valence-corrected chi connectivity index (χ1v) is 8.01. The van der Waals surface area contributed by atoms with Gasteiger partial charge in [0.25, 0.3) is 0 Å². The van der Waals surface area contributed by atoms with E-state index in [1.165, 1.54) is 0 Å². The lowest BCUT2D eigenvalue weighted by Crippen LogP contribution is -2.42. The third-order valence-electron chi connectivity index (χ3n) is 3.88. The van der Waals surface area contributed by atoms with Crippen molar-refractivity contribution in [2.45, 2.75) is 46.2 Å². The van der Waals surface area contributed by atoms with E-state index in [0.717, 1.165) is 28.8 Å². The zero-order valence-electron chi connectivity index (χ0n) is 12.3. The number of carboxylic acid groups (broad SMARTS) is 1. The maximum Gasteiger partial charge on any atom is 0.308 e. The van der Waals surface area contributed by atoms with Crippen molar-refractivity contribution in [3.63, 3.8) is 0 Å². The van der Waals surface area contributed by atoms with Gasteiger partial charge in [-0.25, -0.2) is 0 Å². The summed E-state index contributed by atoms with van der Waals surface area (Å²) in [6, 6.07) is 0. The highest BCUT2D eigenvalue weighted by molar-refractivity contribution is 9.10. The van der Waals surface area contributed by atoms with Gasteiger partial charge in [0.15, 0.2) is 0 Å². The smallest absolute Gasteiger partial charge is 0.308 e. The second-order valence-corrected chi connectivity index (χ2v) is 6.02. The van der Waals surface area contributed by atoms with Gasteiger partial charge in [0.1, 0.15) is 0 Å². The number of halogens is 1. The van der Waals surface area contributed by atoms with E-state index < -0.39 is 11.9 Å². The molecule has 1 aromatic heterocycles. The van der Waals surface area contributed by atoms with Crippen LogP contribution in [0, 0.1) is 5.92 Å². The number of carbonyl (C=O) groups is 2. The normalized spacial score (nSPS) is 19.1. The van der Waals surface area contributed by atoms with Crippen LogP contribution in [-0.2, 0) is 29.1 Å². The topological polar surface area (TPSA) is 75.4 Å². The second-order valence-electron chi connectivity index (χ2n) is 5.22. The third kappa shape index (κ3) is 3.28. The Morgan fingerprint density at radius 1 is 1.48 bits per heavy atom. The Morgan fingerprint density at radius 2 is 2.19 bits per heavy atom. The van der Waals surface area contributed by atoms with Crippen molar-refractivity contribution in [2.75, 3.05) is 6.54 Å². The number of aliphatic carboxylic acids is 1. The third-order valence-corrected chi connectivity index (χ3v) is 4.80. The summed E-state index contributed by atoms with van der Waals surface area (Å²) in [6.07, 6.45) is 1.54. The Bertz CT molecular complexity index is 556. The minimum absolute atomic E-state index is 0.0151. The second kappa shape index (κ2) is 6.60. The standard InChI is InChI=1S/C14H20BrN3O3/c1-3-10-13(15)11(18(4-2)16-10)8-17-7-9(14(20)21)5-6-12(17)19/h9H,3-8H2,1-2H3,(H,20,21). The first-order valence-electron chi connectivity index (χ1n) is 7.22. The first-order chi connectivity index (χ1) is 9.97. The minimum Gasteiger partial charge on any atom is -0.481 e. The molecule has 0 aromatic carbocycles. The van der Waals surface area contributed by atoms with Crippen LogP contribution in [0.4, 0.5) is 0 Å². The molecule has 0 saturated carbocycles.